The van der Waals surface area contributed by atoms with Crippen molar-refractivity contribution in [1.82, 2.24) is 5.32 Å². The highest BCUT2D eigenvalue weighted by Gasteiger charge is 2.30. The highest BCUT2D eigenvalue weighted by atomic mass is 16.3. The van der Waals surface area contributed by atoms with Crippen molar-refractivity contribution in [1.29, 1.82) is 0 Å². The minimum atomic E-state index is -0.479. The lowest BCUT2D eigenvalue weighted by Gasteiger charge is -2.21. The zero-order valence-corrected chi connectivity index (χ0v) is 12.5. The van der Waals surface area contributed by atoms with Crippen LogP contribution in [0.5, 0.6) is 11.5 Å². The van der Waals surface area contributed by atoms with Crippen LogP contribution in [-0.4, -0.2) is 27.1 Å². The molecule has 2 rings (SSSR count). The number of aliphatic hydroxyl groups excluding tert-OH is 1. The van der Waals surface area contributed by atoms with Crippen molar-refractivity contribution in [2.75, 3.05) is 0 Å². The van der Waals surface area contributed by atoms with E-state index in [1.807, 2.05) is 19.1 Å². The van der Waals surface area contributed by atoms with Crippen LogP contribution < -0.4 is 5.32 Å². The molecule has 0 aromatic heterocycles. The molecule has 4 heteroatoms. The average molecular weight is 277 g/mol. The van der Waals surface area contributed by atoms with Crippen molar-refractivity contribution in [2.24, 2.45) is 0 Å². The maximum Gasteiger partial charge on any atom is 0.126 e. The van der Waals surface area contributed by atoms with Crippen LogP contribution in [-0.2, 0) is 0 Å². The summed E-state index contributed by atoms with van der Waals surface area (Å²) >= 11 is 0. The Hall–Kier alpha value is -1.52. The number of nitrogens with one attached hydrogen (secondary N) is 1. The quantitative estimate of drug-likeness (QED) is 0.627. The van der Waals surface area contributed by atoms with E-state index in [1.165, 1.54) is 0 Å². The summed E-state index contributed by atoms with van der Waals surface area (Å²) in [4.78, 5) is 0. The van der Waals surface area contributed by atoms with E-state index in [0.29, 0.717) is 28.7 Å². The Bertz CT molecular complexity index is 536. The van der Waals surface area contributed by atoms with E-state index >= 15 is 0 Å². The van der Waals surface area contributed by atoms with Gasteiger partial charge in [-0.15, -0.1) is 0 Å². The Labute approximate surface area is 119 Å². The Morgan fingerprint density at radius 2 is 1.70 bits per heavy atom. The zero-order valence-electron chi connectivity index (χ0n) is 12.5. The van der Waals surface area contributed by atoms with Crippen LogP contribution in [0, 0.1) is 20.8 Å². The summed E-state index contributed by atoms with van der Waals surface area (Å²) in [5, 5.41) is 33.0. The number of aliphatic hydroxyl groups is 1. The van der Waals surface area contributed by atoms with Crippen LogP contribution in [0.3, 0.4) is 0 Å². The molecular weight excluding hydrogens is 254 g/mol. The minimum absolute atomic E-state index is 0.205. The fourth-order valence-corrected chi connectivity index (χ4v) is 2.71. The Morgan fingerprint density at radius 3 is 2.25 bits per heavy atom. The summed E-state index contributed by atoms with van der Waals surface area (Å²) in [6.07, 6.45) is 4.83. The summed E-state index contributed by atoms with van der Waals surface area (Å²) in [6.45, 7) is 7.38. The second-order valence-electron chi connectivity index (χ2n) is 5.94. The average Bonchev–Trinajstić information content (AvgIpc) is 2.74. The summed E-state index contributed by atoms with van der Waals surface area (Å²) in [5.41, 5.74) is 2.42. The van der Waals surface area contributed by atoms with Crippen LogP contribution in [0.2, 0.25) is 0 Å². The normalized spacial score (nSPS) is 26.6. The molecule has 1 aromatic rings. The van der Waals surface area contributed by atoms with Gasteiger partial charge in [0.25, 0.3) is 0 Å². The van der Waals surface area contributed by atoms with Gasteiger partial charge in [0.05, 0.1) is 0 Å². The third-order valence-electron chi connectivity index (χ3n) is 4.34. The molecule has 0 amide bonds. The molecule has 1 heterocycles. The Kier molecular flexibility index (Phi) is 3.80. The smallest absolute Gasteiger partial charge is 0.126 e. The fraction of sp³-hybridized carbons (Fsp3) is 0.500. The number of phenols is 2. The molecule has 2 atom stereocenters. The highest BCUT2D eigenvalue weighted by Crippen LogP contribution is 2.37. The molecule has 1 aliphatic heterocycles. The second kappa shape index (κ2) is 5.11. The van der Waals surface area contributed by atoms with Crippen molar-refractivity contribution < 1.29 is 15.3 Å². The van der Waals surface area contributed by atoms with Gasteiger partial charge < -0.3 is 15.3 Å². The molecule has 2 unspecified atom stereocenters. The van der Waals surface area contributed by atoms with Crippen LogP contribution in [0.25, 0.3) is 6.08 Å². The first-order chi connectivity index (χ1) is 9.25. The van der Waals surface area contributed by atoms with Gasteiger partial charge in [-0.05, 0) is 51.7 Å². The van der Waals surface area contributed by atoms with E-state index in [1.54, 1.807) is 20.8 Å². The minimum Gasteiger partial charge on any atom is -0.507 e. The standard InChI is InChI=1S/C16H23NO3/c1-9-10(2)15(20)12(11(3)14(9)19)5-7-16(4)8-6-13(18)17-16/h5,7,13,17-20H,6,8H2,1-4H3/b7-5+. The van der Waals surface area contributed by atoms with Crippen LogP contribution >= 0.6 is 0 Å². The summed E-state index contributed by atoms with van der Waals surface area (Å²) in [7, 11) is 0. The van der Waals surface area contributed by atoms with Crippen molar-refractivity contribution in [3.8, 4) is 11.5 Å². The molecule has 1 aromatic carbocycles. The summed E-state index contributed by atoms with van der Waals surface area (Å²) in [5.74, 6) is 0.431. The number of hydrogen-bond donors (Lipinski definition) is 4. The molecule has 110 valence electrons. The first-order valence-electron chi connectivity index (χ1n) is 6.92. The van der Waals surface area contributed by atoms with Crippen molar-refractivity contribution >= 4 is 6.08 Å². The maximum absolute atomic E-state index is 10.3. The zero-order chi connectivity index (χ0) is 15.1. The predicted molar refractivity (Wildman–Crippen MR) is 79.8 cm³/mol. The molecule has 0 bridgehead atoms. The molecule has 0 saturated carbocycles. The molecule has 1 aliphatic rings. The second-order valence-corrected chi connectivity index (χ2v) is 5.94. The number of benzene rings is 1. The van der Waals surface area contributed by atoms with Gasteiger partial charge in [-0.1, -0.05) is 12.2 Å². The largest absolute Gasteiger partial charge is 0.507 e. The summed E-state index contributed by atoms with van der Waals surface area (Å²) < 4.78 is 0. The van der Waals surface area contributed by atoms with E-state index in [-0.39, 0.29) is 17.0 Å². The van der Waals surface area contributed by atoms with Gasteiger partial charge in [0.15, 0.2) is 0 Å². The van der Waals surface area contributed by atoms with Crippen LogP contribution in [0.1, 0.15) is 42.0 Å². The van der Waals surface area contributed by atoms with Crippen molar-refractivity contribution in [3.63, 3.8) is 0 Å². The fourth-order valence-electron chi connectivity index (χ4n) is 2.71. The molecule has 4 N–H and O–H groups in total. The highest BCUT2D eigenvalue weighted by molar-refractivity contribution is 5.69. The lowest BCUT2D eigenvalue weighted by molar-refractivity contribution is 0.149. The maximum atomic E-state index is 10.3. The molecule has 0 spiro atoms. The lowest BCUT2D eigenvalue weighted by Crippen LogP contribution is -2.38. The molecule has 20 heavy (non-hydrogen) atoms. The SMILES string of the molecule is Cc1c(C)c(O)c(/C=C/C2(C)CCC(O)N2)c(C)c1O. The molecule has 0 aliphatic carbocycles. The third-order valence-corrected chi connectivity index (χ3v) is 4.34. The lowest BCUT2D eigenvalue weighted by atomic mass is 9.94. The summed E-state index contributed by atoms with van der Waals surface area (Å²) in [6, 6.07) is 0. The number of phenolic OH excluding ortho intramolecular Hbond substituents is 2. The predicted octanol–water partition coefficient (Wildman–Crippen LogP) is 2.50. The molecular formula is C16H23NO3. The van der Waals surface area contributed by atoms with Crippen LogP contribution in [0.4, 0.5) is 0 Å². The van der Waals surface area contributed by atoms with Gasteiger partial charge in [0.2, 0.25) is 0 Å². The van der Waals surface area contributed by atoms with E-state index < -0.39 is 6.23 Å². The van der Waals surface area contributed by atoms with E-state index in [0.717, 1.165) is 6.42 Å². The molecule has 1 fully saturated rings. The Balaban J connectivity index is 2.40. The van der Waals surface area contributed by atoms with Crippen molar-refractivity contribution in [3.05, 3.63) is 28.3 Å². The first-order valence-corrected chi connectivity index (χ1v) is 6.92. The monoisotopic (exact) mass is 277 g/mol. The molecule has 0 radical (unpaired) electrons. The van der Waals surface area contributed by atoms with E-state index in [9.17, 15) is 15.3 Å². The number of rotatable bonds is 2. The van der Waals surface area contributed by atoms with Gasteiger partial charge in [-0.2, -0.15) is 0 Å². The third kappa shape index (κ3) is 2.53. The van der Waals surface area contributed by atoms with E-state index in [2.05, 4.69) is 5.32 Å². The molecule has 1 saturated heterocycles. The number of aromatic hydroxyl groups is 2. The molecule has 4 nitrogen and oxygen atoms in total. The van der Waals surface area contributed by atoms with Gasteiger partial charge in [-0.25, -0.2) is 0 Å². The Morgan fingerprint density at radius 1 is 1.10 bits per heavy atom. The van der Waals surface area contributed by atoms with E-state index in [4.69, 9.17) is 0 Å². The van der Waals surface area contributed by atoms with Gasteiger partial charge in [0.1, 0.15) is 17.7 Å². The van der Waals surface area contributed by atoms with Gasteiger partial charge >= 0.3 is 0 Å². The first kappa shape index (κ1) is 14.9. The topological polar surface area (TPSA) is 72.7 Å². The van der Waals surface area contributed by atoms with Gasteiger partial charge in [-0.3, -0.25) is 5.32 Å². The van der Waals surface area contributed by atoms with Crippen LogP contribution in [0.15, 0.2) is 6.08 Å². The number of hydrogen-bond acceptors (Lipinski definition) is 4. The van der Waals surface area contributed by atoms with Crippen molar-refractivity contribution in [2.45, 2.75) is 52.3 Å². The van der Waals surface area contributed by atoms with Gasteiger partial charge in [0, 0.05) is 16.7 Å².